The lowest BCUT2D eigenvalue weighted by Crippen LogP contribution is -2.23. The molecule has 1 heterocycles. The fourth-order valence-electron chi connectivity index (χ4n) is 1.90. The van der Waals surface area contributed by atoms with Crippen molar-refractivity contribution in [2.75, 3.05) is 12.8 Å². The van der Waals surface area contributed by atoms with Crippen molar-refractivity contribution < 1.29 is 9.53 Å². The minimum atomic E-state index is 0.0163. The third kappa shape index (κ3) is 4.80. The zero-order chi connectivity index (χ0) is 15.1. The number of hydrogen-bond acceptors (Lipinski definition) is 4. The highest BCUT2D eigenvalue weighted by Gasteiger charge is 2.03. The maximum atomic E-state index is 11.8. The average Bonchev–Trinajstić information content (AvgIpc) is 2.52. The SMILES string of the molecule is COc1cc(CNC(=O)CCc2ccc(N)cc2)ccn1. The molecule has 1 aromatic carbocycles. The van der Waals surface area contributed by atoms with Crippen molar-refractivity contribution in [3.8, 4) is 5.88 Å². The molecule has 0 aliphatic heterocycles. The number of nitrogens with zero attached hydrogens (tertiary/aromatic N) is 1. The fourth-order valence-corrected chi connectivity index (χ4v) is 1.90. The number of rotatable bonds is 6. The highest BCUT2D eigenvalue weighted by Crippen LogP contribution is 2.09. The first-order valence-electron chi connectivity index (χ1n) is 6.77. The van der Waals surface area contributed by atoms with Gasteiger partial charge in [0.05, 0.1) is 7.11 Å². The Hall–Kier alpha value is -2.56. The molecule has 0 saturated carbocycles. The van der Waals surface area contributed by atoms with E-state index >= 15 is 0 Å². The van der Waals surface area contributed by atoms with Crippen molar-refractivity contribution in [3.63, 3.8) is 0 Å². The molecular weight excluding hydrogens is 266 g/mol. The molecule has 21 heavy (non-hydrogen) atoms. The van der Waals surface area contributed by atoms with E-state index in [4.69, 9.17) is 10.5 Å². The molecule has 0 aliphatic rings. The Morgan fingerprint density at radius 3 is 2.71 bits per heavy atom. The normalized spacial score (nSPS) is 10.1. The second-order valence-electron chi connectivity index (χ2n) is 4.72. The van der Waals surface area contributed by atoms with E-state index in [9.17, 15) is 4.79 Å². The van der Waals surface area contributed by atoms with E-state index in [1.54, 1.807) is 19.4 Å². The number of nitrogens with two attached hydrogens (primary N) is 1. The van der Waals surface area contributed by atoms with Gasteiger partial charge in [-0.2, -0.15) is 0 Å². The molecular formula is C16H19N3O2. The standard InChI is InChI=1S/C16H19N3O2/c1-21-16-10-13(8-9-18-16)11-19-15(20)7-4-12-2-5-14(17)6-3-12/h2-3,5-6,8-10H,4,7,11,17H2,1H3,(H,19,20). The van der Waals surface area contributed by atoms with Crippen LogP contribution in [0.1, 0.15) is 17.5 Å². The first-order valence-corrected chi connectivity index (χ1v) is 6.77. The predicted octanol–water partition coefficient (Wildman–Crippen LogP) is 1.92. The number of carbonyl (C=O) groups is 1. The summed E-state index contributed by atoms with van der Waals surface area (Å²) in [5.41, 5.74) is 8.42. The molecule has 1 aromatic heterocycles. The number of amides is 1. The van der Waals surface area contributed by atoms with E-state index in [-0.39, 0.29) is 5.91 Å². The molecule has 0 saturated heterocycles. The second-order valence-corrected chi connectivity index (χ2v) is 4.72. The number of nitrogens with one attached hydrogen (secondary N) is 1. The van der Waals surface area contributed by atoms with Crippen LogP contribution in [0.2, 0.25) is 0 Å². The van der Waals surface area contributed by atoms with Gasteiger partial charge in [0.1, 0.15) is 0 Å². The maximum Gasteiger partial charge on any atom is 0.220 e. The number of carbonyl (C=O) groups excluding carboxylic acids is 1. The smallest absolute Gasteiger partial charge is 0.220 e. The van der Waals surface area contributed by atoms with Crippen LogP contribution in [-0.4, -0.2) is 18.0 Å². The highest BCUT2D eigenvalue weighted by atomic mass is 16.5. The summed E-state index contributed by atoms with van der Waals surface area (Å²) in [5, 5.41) is 2.88. The minimum absolute atomic E-state index is 0.0163. The Bertz CT molecular complexity index is 597. The fraction of sp³-hybridized carbons (Fsp3) is 0.250. The van der Waals surface area contributed by atoms with Crippen LogP contribution < -0.4 is 15.8 Å². The van der Waals surface area contributed by atoms with Crippen LogP contribution in [0.5, 0.6) is 5.88 Å². The third-order valence-electron chi connectivity index (χ3n) is 3.12. The van der Waals surface area contributed by atoms with E-state index in [2.05, 4.69) is 10.3 Å². The number of aromatic nitrogens is 1. The zero-order valence-electron chi connectivity index (χ0n) is 12.0. The van der Waals surface area contributed by atoms with Gasteiger partial charge in [-0.1, -0.05) is 12.1 Å². The molecule has 0 bridgehead atoms. The molecule has 3 N–H and O–H groups in total. The summed E-state index contributed by atoms with van der Waals surface area (Å²) in [6.07, 6.45) is 2.81. The van der Waals surface area contributed by atoms with Crippen molar-refractivity contribution in [1.29, 1.82) is 0 Å². The van der Waals surface area contributed by atoms with E-state index in [0.29, 0.717) is 25.3 Å². The van der Waals surface area contributed by atoms with Gasteiger partial charge in [0, 0.05) is 30.9 Å². The van der Waals surface area contributed by atoms with Crippen LogP contribution >= 0.6 is 0 Å². The molecule has 2 rings (SSSR count). The largest absolute Gasteiger partial charge is 0.481 e. The summed E-state index contributed by atoms with van der Waals surface area (Å²) >= 11 is 0. The Kier molecular flexibility index (Phi) is 5.15. The van der Waals surface area contributed by atoms with Crippen molar-refractivity contribution in [1.82, 2.24) is 10.3 Å². The molecule has 0 spiro atoms. The van der Waals surface area contributed by atoms with E-state index in [1.165, 1.54) is 0 Å². The summed E-state index contributed by atoms with van der Waals surface area (Å²) in [6.45, 7) is 0.472. The van der Waals surface area contributed by atoms with Gasteiger partial charge < -0.3 is 15.8 Å². The van der Waals surface area contributed by atoms with Gasteiger partial charge in [0.2, 0.25) is 11.8 Å². The number of methoxy groups -OCH3 is 1. The van der Waals surface area contributed by atoms with Crippen LogP contribution in [0.15, 0.2) is 42.6 Å². The summed E-state index contributed by atoms with van der Waals surface area (Å²) in [6, 6.07) is 11.2. The lowest BCUT2D eigenvalue weighted by atomic mass is 10.1. The summed E-state index contributed by atoms with van der Waals surface area (Å²) in [4.78, 5) is 15.9. The Morgan fingerprint density at radius 1 is 1.24 bits per heavy atom. The topological polar surface area (TPSA) is 77.2 Å². The molecule has 5 nitrogen and oxygen atoms in total. The van der Waals surface area contributed by atoms with Crippen LogP contribution in [-0.2, 0) is 17.8 Å². The quantitative estimate of drug-likeness (QED) is 0.795. The number of hydrogen-bond donors (Lipinski definition) is 2. The van der Waals surface area contributed by atoms with Gasteiger partial charge in [-0.15, -0.1) is 0 Å². The Labute approximate surface area is 124 Å². The van der Waals surface area contributed by atoms with Crippen molar-refractivity contribution in [2.45, 2.75) is 19.4 Å². The first kappa shape index (κ1) is 14.8. The van der Waals surface area contributed by atoms with E-state index < -0.39 is 0 Å². The van der Waals surface area contributed by atoms with Gasteiger partial charge in [-0.25, -0.2) is 4.98 Å². The van der Waals surface area contributed by atoms with Gasteiger partial charge >= 0.3 is 0 Å². The van der Waals surface area contributed by atoms with Crippen molar-refractivity contribution in [2.24, 2.45) is 0 Å². The first-order chi connectivity index (χ1) is 10.2. The van der Waals surface area contributed by atoms with Crippen LogP contribution in [0.3, 0.4) is 0 Å². The van der Waals surface area contributed by atoms with E-state index in [1.807, 2.05) is 30.3 Å². The zero-order valence-corrected chi connectivity index (χ0v) is 12.0. The molecule has 1 amide bonds. The lowest BCUT2D eigenvalue weighted by molar-refractivity contribution is -0.121. The highest BCUT2D eigenvalue weighted by molar-refractivity contribution is 5.76. The van der Waals surface area contributed by atoms with E-state index in [0.717, 1.165) is 16.8 Å². The third-order valence-corrected chi connectivity index (χ3v) is 3.12. The molecule has 0 unspecified atom stereocenters. The number of pyridine rings is 1. The predicted molar refractivity (Wildman–Crippen MR) is 81.8 cm³/mol. The number of benzene rings is 1. The molecule has 5 heteroatoms. The van der Waals surface area contributed by atoms with Gasteiger partial charge in [-0.3, -0.25) is 4.79 Å². The lowest BCUT2D eigenvalue weighted by Gasteiger charge is -2.07. The van der Waals surface area contributed by atoms with Crippen LogP contribution in [0, 0.1) is 0 Å². The van der Waals surface area contributed by atoms with Crippen molar-refractivity contribution in [3.05, 3.63) is 53.7 Å². The summed E-state index contributed by atoms with van der Waals surface area (Å²) in [7, 11) is 1.57. The van der Waals surface area contributed by atoms with Gasteiger partial charge in [0.25, 0.3) is 0 Å². The van der Waals surface area contributed by atoms with Crippen LogP contribution in [0.4, 0.5) is 5.69 Å². The molecule has 0 fully saturated rings. The monoisotopic (exact) mass is 285 g/mol. The maximum absolute atomic E-state index is 11.8. The summed E-state index contributed by atoms with van der Waals surface area (Å²) < 4.78 is 5.04. The second kappa shape index (κ2) is 7.28. The molecule has 0 atom stereocenters. The number of ether oxygens (including phenoxy) is 1. The summed E-state index contributed by atoms with van der Waals surface area (Å²) in [5.74, 6) is 0.561. The van der Waals surface area contributed by atoms with Crippen LogP contribution in [0.25, 0.3) is 0 Å². The van der Waals surface area contributed by atoms with Gasteiger partial charge in [0.15, 0.2) is 0 Å². The molecule has 110 valence electrons. The molecule has 2 aromatic rings. The average molecular weight is 285 g/mol. The number of aryl methyl sites for hydroxylation is 1. The number of nitrogen functional groups attached to an aromatic ring is 1. The van der Waals surface area contributed by atoms with Crippen molar-refractivity contribution >= 4 is 11.6 Å². The minimum Gasteiger partial charge on any atom is -0.481 e. The molecule has 0 radical (unpaired) electrons. The Morgan fingerprint density at radius 2 is 2.00 bits per heavy atom. The number of anilines is 1. The molecule has 0 aliphatic carbocycles. The van der Waals surface area contributed by atoms with Gasteiger partial charge in [-0.05, 0) is 35.7 Å². The Balaban J connectivity index is 1.78.